The Hall–Kier alpha value is -1.13. The first kappa shape index (κ1) is 15.9. The highest BCUT2D eigenvalue weighted by Gasteiger charge is 2.34. The third-order valence-electron chi connectivity index (χ3n) is 3.56. The Balaban J connectivity index is 0.00000180. The summed E-state index contributed by atoms with van der Waals surface area (Å²) < 4.78 is 13.3. The van der Waals surface area contributed by atoms with Gasteiger partial charge in [0.1, 0.15) is 5.82 Å². The van der Waals surface area contributed by atoms with Gasteiger partial charge in [0.25, 0.3) is 0 Å². The second-order valence-corrected chi connectivity index (χ2v) is 5.28. The van der Waals surface area contributed by atoms with Crippen molar-refractivity contribution in [1.82, 2.24) is 5.32 Å². The fourth-order valence-electron chi connectivity index (χ4n) is 2.30. The number of piperidine rings is 1. The van der Waals surface area contributed by atoms with Crippen LogP contribution in [0.15, 0.2) is 18.2 Å². The van der Waals surface area contributed by atoms with E-state index in [1.807, 2.05) is 13.8 Å². The second-order valence-electron chi connectivity index (χ2n) is 5.28. The maximum absolute atomic E-state index is 13.3. The number of anilines is 1. The average molecular weight is 287 g/mol. The summed E-state index contributed by atoms with van der Waals surface area (Å²) in [4.78, 5) is 12.3. The third-order valence-corrected chi connectivity index (χ3v) is 3.56. The van der Waals surface area contributed by atoms with Gasteiger partial charge in [0.2, 0.25) is 5.91 Å². The highest BCUT2D eigenvalue weighted by Crippen LogP contribution is 2.29. The van der Waals surface area contributed by atoms with E-state index in [0.717, 1.165) is 31.5 Å². The molecule has 1 saturated heterocycles. The Morgan fingerprint density at radius 3 is 2.53 bits per heavy atom. The topological polar surface area (TPSA) is 41.1 Å². The monoisotopic (exact) mass is 286 g/mol. The van der Waals surface area contributed by atoms with Crippen molar-refractivity contribution in [3.8, 4) is 0 Å². The van der Waals surface area contributed by atoms with Crippen LogP contribution in [0.5, 0.6) is 0 Å². The van der Waals surface area contributed by atoms with Gasteiger partial charge in [0.15, 0.2) is 0 Å². The van der Waals surface area contributed by atoms with E-state index in [9.17, 15) is 9.18 Å². The van der Waals surface area contributed by atoms with Gasteiger partial charge in [-0.15, -0.1) is 12.4 Å². The van der Waals surface area contributed by atoms with Crippen molar-refractivity contribution in [1.29, 1.82) is 0 Å². The van der Waals surface area contributed by atoms with Crippen LogP contribution in [-0.2, 0) is 4.79 Å². The minimum atomic E-state index is -0.356. The zero-order valence-electron chi connectivity index (χ0n) is 11.3. The smallest absolute Gasteiger partial charge is 0.230 e. The Labute approximate surface area is 119 Å². The third kappa shape index (κ3) is 3.91. The minimum Gasteiger partial charge on any atom is -0.326 e. The molecule has 19 heavy (non-hydrogen) atoms. The first-order valence-corrected chi connectivity index (χ1v) is 6.29. The molecule has 0 radical (unpaired) electrons. The molecular formula is C14H20ClFN2O. The van der Waals surface area contributed by atoms with Crippen LogP contribution < -0.4 is 10.6 Å². The van der Waals surface area contributed by atoms with Crippen LogP contribution in [0.2, 0.25) is 0 Å². The van der Waals surface area contributed by atoms with Crippen molar-refractivity contribution in [2.45, 2.75) is 26.7 Å². The normalized spacial score (nSPS) is 17.4. The molecule has 0 aliphatic carbocycles. The van der Waals surface area contributed by atoms with Gasteiger partial charge >= 0.3 is 0 Å². The molecule has 1 heterocycles. The van der Waals surface area contributed by atoms with E-state index >= 15 is 0 Å². The zero-order chi connectivity index (χ0) is 13.2. The van der Waals surface area contributed by atoms with Crippen LogP contribution in [0.25, 0.3) is 0 Å². The number of aryl methyl sites for hydroxylation is 1. The number of halogens is 2. The van der Waals surface area contributed by atoms with Gasteiger partial charge in [-0.25, -0.2) is 4.39 Å². The molecule has 2 N–H and O–H groups in total. The van der Waals surface area contributed by atoms with Crippen molar-refractivity contribution < 1.29 is 9.18 Å². The number of nitrogens with one attached hydrogen (secondary N) is 2. The van der Waals surface area contributed by atoms with Crippen LogP contribution in [0.4, 0.5) is 10.1 Å². The highest BCUT2D eigenvalue weighted by atomic mass is 35.5. The van der Waals surface area contributed by atoms with Crippen LogP contribution in [-0.4, -0.2) is 19.0 Å². The van der Waals surface area contributed by atoms with Crippen LogP contribution in [0.3, 0.4) is 0 Å². The predicted molar refractivity (Wildman–Crippen MR) is 77.2 cm³/mol. The SMILES string of the molecule is Cc1cc(F)cc(NC(=O)C2(C)CCNCC2)c1.Cl. The molecule has 2 rings (SSSR count). The molecule has 1 aromatic carbocycles. The first-order chi connectivity index (χ1) is 8.49. The number of amides is 1. The summed E-state index contributed by atoms with van der Waals surface area (Å²) in [6, 6.07) is 4.59. The number of hydrogen-bond acceptors (Lipinski definition) is 2. The van der Waals surface area contributed by atoms with Crippen LogP contribution >= 0.6 is 12.4 Å². The molecule has 0 atom stereocenters. The van der Waals surface area contributed by atoms with Crippen molar-refractivity contribution >= 4 is 24.0 Å². The van der Waals surface area contributed by atoms with Crippen molar-refractivity contribution in [2.24, 2.45) is 5.41 Å². The van der Waals surface area contributed by atoms with Gasteiger partial charge in [0, 0.05) is 11.1 Å². The Morgan fingerprint density at radius 1 is 1.32 bits per heavy atom. The summed E-state index contributed by atoms with van der Waals surface area (Å²) in [6.45, 7) is 5.48. The van der Waals surface area contributed by atoms with E-state index in [1.54, 1.807) is 6.07 Å². The number of carbonyl (C=O) groups excluding carboxylic acids is 1. The molecule has 1 aromatic rings. The van der Waals surface area contributed by atoms with Gasteiger partial charge in [-0.3, -0.25) is 4.79 Å². The lowest BCUT2D eigenvalue weighted by atomic mass is 9.80. The molecule has 5 heteroatoms. The fourth-order valence-corrected chi connectivity index (χ4v) is 2.30. The van der Waals surface area contributed by atoms with Crippen molar-refractivity contribution in [3.63, 3.8) is 0 Å². The van der Waals surface area contributed by atoms with E-state index < -0.39 is 0 Å². The Kier molecular flexibility index (Phi) is 5.32. The highest BCUT2D eigenvalue weighted by molar-refractivity contribution is 5.95. The largest absolute Gasteiger partial charge is 0.326 e. The quantitative estimate of drug-likeness (QED) is 0.878. The molecule has 0 bridgehead atoms. The lowest BCUT2D eigenvalue weighted by Gasteiger charge is -2.32. The maximum Gasteiger partial charge on any atom is 0.230 e. The van der Waals surface area contributed by atoms with E-state index in [1.165, 1.54) is 12.1 Å². The first-order valence-electron chi connectivity index (χ1n) is 6.29. The lowest BCUT2D eigenvalue weighted by molar-refractivity contribution is -0.126. The molecule has 1 aliphatic heterocycles. The van der Waals surface area contributed by atoms with Gasteiger partial charge < -0.3 is 10.6 Å². The molecule has 0 saturated carbocycles. The number of hydrogen-bond donors (Lipinski definition) is 2. The number of benzene rings is 1. The Bertz CT molecular complexity index is 439. The molecule has 0 spiro atoms. The fraction of sp³-hybridized carbons (Fsp3) is 0.500. The predicted octanol–water partition coefficient (Wildman–Crippen LogP) is 2.88. The molecule has 3 nitrogen and oxygen atoms in total. The van der Waals surface area contributed by atoms with Gasteiger partial charge in [-0.05, 0) is 56.6 Å². The van der Waals surface area contributed by atoms with Gasteiger partial charge in [0.05, 0.1) is 0 Å². The summed E-state index contributed by atoms with van der Waals surface area (Å²) in [5.74, 6) is -0.338. The van der Waals surface area contributed by atoms with Gasteiger partial charge in [-0.1, -0.05) is 6.92 Å². The molecule has 106 valence electrons. The molecule has 0 aromatic heterocycles. The Morgan fingerprint density at radius 2 is 1.95 bits per heavy atom. The second kappa shape index (κ2) is 6.35. The summed E-state index contributed by atoms with van der Waals surface area (Å²) in [5.41, 5.74) is 0.990. The van der Waals surface area contributed by atoms with E-state index in [-0.39, 0.29) is 29.5 Å². The van der Waals surface area contributed by atoms with E-state index in [4.69, 9.17) is 0 Å². The summed E-state index contributed by atoms with van der Waals surface area (Å²) in [7, 11) is 0. The standard InChI is InChI=1S/C14H19FN2O.ClH/c1-10-7-11(15)9-12(8-10)17-13(18)14(2)3-5-16-6-4-14;/h7-9,16H,3-6H2,1-2H3,(H,17,18);1H. The molecule has 1 amide bonds. The van der Waals surface area contributed by atoms with Crippen molar-refractivity contribution in [3.05, 3.63) is 29.6 Å². The number of carbonyl (C=O) groups is 1. The van der Waals surface area contributed by atoms with E-state index in [0.29, 0.717) is 5.69 Å². The van der Waals surface area contributed by atoms with Gasteiger partial charge in [-0.2, -0.15) is 0 Å². The zero-order valence-corrected chi connectivity index (χ0v) is 12.1. The van der Waals surface area contributed by atoms with Crippen LogP contribution in [0.1, 0.15) is 25.3 Å². The molecular weight excluding hydrogens is 267 g/mol. The average Bonchev–Trinajstić information content (AvgIpc) is 2.28. The summed E-state index contributed by atoms with van der Waals surface area (Å²) in [5, 5.41) is 6.06. The lowest BCUT2D eigenvalue weighted by Crippen LogP contribution is -2.42. The summed E-state index contributed by atoms with van der Waals surface area (Å²) in [6.07, 6.45) is 1.63. The maximum atomic E-state index is 13.3. The number of rotatable bonds is 2. The minimum absolute atomic E-state index is 0. The van der Waals surface area contributed by atoms with Crippen molar-refractivity contribution in [2.75, 3.05) is 18.4 Å². The molecule has 1 fully saturated rings. The molecule has 1 aliphatic rings. The molecule has 0 unspecified atom stereocenters. The summed E-state index contributed by atoms with van der Waals surface area (Å²) >= 11 is 0. The van der Waals surface area contributed by atoms with Crippen LogP contribution in [0, 0.1) is 18.2 Å². The van der Waals surface area contributed by atoms with E-state index in [2.05, 4.69) is 10.6 Å².